The molecule has 0 aliphatic carbocycles. The maximum Gasteiger partial charge on any atom is 0.339 e. The molecule has 0 aromatic heterocycles. The van der Waals surface area contributed by atoms with Crippen molar-refractivity contribution in [1.29, 1.82) is 0 Å². The number of carbonyl (C=O) groups excluding carboxylic acids is 3. The third-order valence-corrected chi connectivity index (χ3v) is 7.43. The van der Waals surface area contributed by atoms with Gasteiger partial charge in [-0.3, -0.25) is 0 Å². The fourth-order valence-electron chi connectivity index (χ4n) is 4.09. The molecule has 0 unspecified atom stereocenters. The quantitative estimate of drug-likeness (QED) is 0.0923. The highest BCUT2D eigenvalue weighted by atomic mass is 32.2. The standard InChI is InChI=1S/C33H28N6O6S/c40-31(34-23-10-4-1-5-11-23)37-26-16-18-27(19-17-26)45-46(43,44)28-20-21-29(38-32(41)35-24-12-6-2-7-13-24)30(22-28)39-33(42)36-25-14-8-3-9-15-25/h1-22H,(H2,34,37,40)(H2,35,38,41)(H2,36,39,42). The lowest BCUT2D eigenvalue weighted by molar-refractivity contribution is 0.261. The number of amides is 6. The normalized spacial score (nSPS) is 10.6. The Bertz CT molecular complexity index is 1920. The molecule has 5 aromatic rings. The number of para-hydroxylation sites is 3. The summed E-state index contributed by atoms with van der Waals surface area (Å²) in [6.07, 6.45) is 0. The van der Waals surface area contributed by atoms with Crippen LogP contribution in [0, 0.1) is 0 Å². The van der Waals surface area contributed by atoms with E-state index in [2.05, 4.69) is 31.9 Å². The third-order valence-electron chi connectivity index (χ3n) is 6.19. The number of carbonyl (C=O) groups is 3. The molecule has 0 bridgehead atoms. The van der Waals surface area contributed by atoms with Gasteiger partial charge in [0, 0.05) is 22.7 Å². The molecular weight excluding hydrogens is 608 g/mol. The topological polar surface area (TPSA) is 167 Å². The fourth-order valence-corrected chi connectivity index (χ4v) is 5.04. The molecule has 0 saturated carbocycles. The van der Waals surface area contributed by atoms with E-state index >= 15 is 0 Å². The molecule has 0 radical (unpaired) electrons. The van der Waals surface area contributed by atoms with Gasteiger partial charge in [-0.15, -0.1) is 0 Å². The van der Waals surface area contributed by atoms with Crippen molar-refractivity contribution < 1.29 is 27.0 Å². The second-order valence-corrected chi connectivity index (χ2v) is 11.2. The van der Waals surface area contributed by atoms with Gasteiger partial charge >= 0.3 is 28.2 Å². The highest BCUT2D eigenvalue weighted by Crippen LogP contribution is 2.29. The largest absolute Gasteiger partial charge is 0.379 e. The van der Waals surface area contributed by atoms with E-state index in [1.165, 1.54) is 42.5 Å². The van der Waals surface area contributed by atoms with E-state index in [1.807, 2.05) is 6.07 Å². The number of rotatable bonds is 9. The van der Waals surface area contributed by atoms with Crippen molar-refractivity contribution in [3.8, 4) is 5.75 Å². The van der Waals surface area contributed by atoms with Crippen LogP contribution in [0.25, 0.3) is 0 Å². The van der Waals surface area contributed by atoms with Crippen LogP contribution >= 0.6 is 0 Å². The van der Waals surface area contributed by atoms with Crippen LogP contribution in [0.3, 0.4) is 0 Å². The summed E-state index contributed by atoms with van der Waals surface area (Å²) in [6, 6.07) is 33.9. The molecular formula is C33H28N6O6S. The van der Waals surface area contributed by atoms with Gasteiger partial charge in [0.2, 0.25) is 0 Å². The highest BCUT2D eigenvalue weighted by Gasteiger charge is 2.21. The van der Waals surface area contributed by atoms with Crippen LogP contribution in [0.5, 0.6) is 5.75 Å². The van der Waals surface area contributed by atoms with Gasteiger partial charge in [-0.1, -0.05) is 54.6 Å². The highest BCUT2D eigenvalue weighted by molar-refractivity contribution is 7.87. The zero-order chi connectivity index (χ0) is 32.4. The Labute approximate surface area is 264 Å². The minimum Gasteiger partial charge on any atom is -0.379 e. The fraction of sp³-hybridized carbons (Fsp3) is 0. The molecule has 232 valence electrons. The molecule has 13 heteroatoms. The van der Waals surface area contributed by atoms with Crippen LogP contribution in [-0.4, -0.2) is 26.5 Å². The van der Waals surface area contributed by atoms with E-state index < -0.39 is 28.2 Å². The summed E-state index contributed by atoms with van der Waals surface area (Å²) < 4.78 is 31.8. The summed E-state index contributed by atoms with van der Waals surface area (Å²) in [5, 5.41) is 15.9. The average molecular weight is 637 g/mol. The molecule has 5 rings (SSSR count). The minimum absolute atomic E-state index is 0.00899. The third kappa shape index (κ3) is 8.84. The SMILES string of the molecule is O=C(Nc1ccccc1)Nc1ccc(OS(=O)(=O)c2ccc(NC(=O)Nc3ccccc3)c(NC(=O)Nc3ccccc3)c2)cc1. The minimum atomic E-state index is -4.40. The maximum absolute atomic E-state index is 13.2. The summed E-state index contributed by atoms with van der Waals surface area (Å²) in [6.45, 7) is 0. The van der Waals surface area contributed by atoms with Crippen molar-refractivity contribution in [3.63, 3.8) is 0 Å². The van der Waals surface area contributed by atoms with Gasteiger partial charge in [-0.25, -0.2) is 14.4 Å². The maximum atomic E-state index is 13.2. The molecule has 6 amide bonds. The molecule has 12 nitrogen and oxygen atoms in total. The van der Waals surface area contributed by atoms with Gasteiger partial charge in [0.05, 0.1) is 11.4 Å². The summed E-state index contributed by atoms with van der Waals surface area (Å²) in [4.78, 5) is 37.5. The van der Waals surface area contributed by atoms with E-state index in [4.69, 9.17) is 4.18 Å². The summed E-state index contributed by atoms with van der Waals surface area (Å²) in [5.74, 6) is -0.0187. The zero-order valence-corrected chi connectivity index (χ0v) is 24.9. The molecule has 0 saturated heterocycles. The van der Waals surface area contributed by atoms with E-state index in [9.17, 15) is 22.8 Å². The van der Waals surface area contributed by atoms with Gasteiger partial charge in [-0.05, 0) is 78.9 Å². The molecule has 0 aliphatic rings. The zero-order valence-electron chi connectivity index (χ0n) is 24.1. The number of benzene rings is 5. The Balaban J connectivity index is 1.30. The molecule has 46 heavy (non-hydrogen) atoms. The first-order valence-electron chi connectivity index (χ1n) is 13.8. The second kappa shape index (κ2) is 14.4. The Morgan fingerprint density at radius 1 is 0.435 bits per heavy atom. The van der Waals surface area contributed by atoms with E-state index in [-0.39, 0.29) is 22.0 Å². The molecule has 6 N–H and O–H groups in total. The van der Waals surface area contributed by atoms with Crippen molar-refractivity contribution in [2.45, 2.75) is 4.90 Å². The van der Waals surface area contributed by atoms with Crippen molar-refractivity contribution in [2.24, 2.45) is 0 Å². The predicted octanol–water partition coefficient (Wildman–Crippen LogP) is 7.39. The van der Waals surface area contributed by atoms with Crippen LogP contribution in [-0.2, 0) is 10.1 Å². The van der Waals surface area contributed by atoms with E-state index in [0.29, 0.717) is 22.7 Å². The first-order chi connectivity index (χ1) is 22.2. The number of anilines is 6. The van der Waals surface area contributed by atoms with Gasteiger partial charge in [-0.2, -0.15) is 8.42 Å². The van der Waals surface area contributed by atoms with Crippen molar-refractivity contribution in [1.82, 2.24) is 0 Å². The number of nitrogens with one attached hydrogen (secondary N) is 6. The van der Waals surface area contributed by atoms with E-state index in [0.717, 1.165) is 0 Å². The lowest BCUT2D eigenvalue weighted by Crippen LogP contribution is -2.23. The molecule has 0 aliphatic heterocycles. The summed E-state index contributed by atoms with van der Waals surface area (Å²) in [7, 11) is -4.40. The average Bonchev–Trinajstić information content (AvgIpc) is 3.04. The van der Waals surface area contributed by atoms with Gasteiger partial charge < -0.3 is 36.1 Å². The Morgan fingerprint density at radius 3 is 1.28 bits per heavy atom. The predicted molar refractivity (Wildman–Crippen MR) is 178 cm³/mol. The first-order valence-corrected chi connectivity index (χ1v) is 15.2. The van der Waals surface area contributed by atoms with Crippen molar-refractivity contribution in [3.05, 3.63) is 133 Å². The number of urea groups is 3. The molecule has 0 spiro atoms. The number of hydrogen-bond donors (Lipinski definition) is 6. The van der Waals surface area contributed by atoms with Gasteiger partial charge in [0.15, 0.2) is 0 Å². The summed E-state index contributed by atoms with van der Waals surface area (Å²) in [5.41, 5.74) is 2.15. The second-order valence-electron chi connectivity index (χ2n) is 9.60. The molecule has 0 fully saturated rings. The monoisotopic (exact) mass is 636 g/mol. The van der Waals surface area contributed by atoms with E-state index in [1.54, 1.807) is 84.9 Å². The van der Waals surface area contributed by atoms with Crippen LogP contribution in [0.2, 0.25) is 0 Å². The molecule has 0 atom stereocenters. The summed E-state index contributed by atoms with van der Waals surface area (Å²) >= 11 is 0. The van der Waals surface area contributed by atoms with Crippen LogP contribution < -0.4 is 36.1 Å². The van der Waals surface area contributed by atoms with Crippen LogP contribution in [0.1, 0.15) is 0 Å². The Hall–Kier alpha value is -6.34. The first kappa shape index (κ1) is 31.1. The van der Waals surface area contributed by atoms with Crippen molar-refractivity contribution in [2.75, 3.05) is 31.9 Å². The van der Waals surface area contributed by atoms with Crippen molar-refractivity contribution >= 4 is 62.3 Å². The molecule has 0 heterocycles. The van der Waals surface area contributed by atoms with Crippen LogP contribution in [0.4, 0.5) is 48.5 Å². The molecule has 5 aromatic carbocycles. The Kier molecular flexibility index (Phi) is 9.75. The number of hydrogen-bond acceptors (Lipinski definition) is 6. The lowest BCUT2D eigenvalue weighted by atomic mass is 10.2. The lowest BCUT2D eigenvalue weighted by Gasteiger charge is -2.16. The van der Waals surface area contributed by atoms with Crippen LogP contribution in [0.15, 0.2) is 138 Å². The van der Waals surface area contributed by atoms with Gasteiger partial charge in [0.25, 0.3) is 0 Å². The Morgan fingerprint density at radius 2 is 0.826 bits per heavy atom. The smallest absolute Gasteiger partial charge is 0.339 e. The van der Waals surface area contributed by atoms with Gasteiger partial charge in [0.1, 0.15) is 10.6 Å².